The molecule has 0 bridgehead atoms. The van der Waals surface area contributed by atoms with Gasteiger partial charge in [-0.15, -0.1) is 0 Å². The first kappa shape index (κ1) is 13.6. The fourth-order valence-electron chi connectivity index (χ4n) is 2.73. The highest BCUT2D eigenvalue weighted by molar-refractivity contribution is 9.10. The monoisotopic (exact) mass is 312 g/mol. The minimum atomic E-state index is 0.335. The topological polar surface area (TPSA) is 55.0 Å². The summed E-state index contributed by atoms with van der Waals surface area (Å²) in [5.74, 6) is 2.15. The quantitative estimate of drug-likeness (QED) is 0.931. The Labute approximate surface area is 117 Å². The largest absolute Gasteiger partial charge is 0.368 e. The average molecular weight is 313 g/mol. The molecule has 0 radical (unpaired) electrons. The zero-order chi connectivity index (χ0) is 13.1. The van der Waals surface area contributed by atoms with Gasteiger partial charge in [-0.05, 0) is 47.5 Å². The molecule has 0 spiro atoms. The number of nitrogen functional groups attached to an aromatic ring is 1. The number of hydrogen-bond acceptors (Lipinski definition) is 4. The molecule has 1 aliphatic carbocycles. The molecular weight excluding hydrogens is 292 g/mol. The van der Waals surface area contributed by atoms with Gasteiger partial charge in [-0.3, -0.25) is 0 Å². The van der Waals surface area contributed by atoms with Crippen molar-refractivity contribution in [2.75, 3.05) is 17.7 Å². The maximum atomic E-state index is 5.67. The highest BCUT2D eigenvalue weighted by Gasteiger charge is 2.25. The summed E-state index contributed by atoms with van der Waals surface area (Å²) in [5, 5.41) is 0. The maximum absolute atomic E-state index is 5.67. The Morgan fingerprint density at radius 2 is 2.06 bits per heavy atom. The zero-order valence-corrected chi connectivity index (χ0v) is 12.7. The molecule has 2 N–H and O–H groups in total. The van der Waals surface area contributed by atoms with Crippen LogP contribution in [0.3, 0.4) is 0 Å². The van der Waals surface area contributed by atoms with Gasteiger partial charge in [0.15, 0.2) is 0 Å². The highest BCUT2D eigenvalue weighted by atomic mass is 79.9. The number of anilines is 2. The minimum absolute atomic E-state index is 0.335. The molecule has 18 heavy (non-hydrogen) atoms. The SMILES string of the molecule is CCC1CCC(N(C)c2nc(N)ncc2Br)CC1. The zero-order valence-electron chi connectivity index (χ0n) is 11.1. The molecule has 0 unspecified atom stereocenters. The van der Waals surface area contributed by atoms with Crippen LogP contribution in [-0.2, 0) is 0 Å². The third-order valence-electron chi connectivity index (χ3n) is 4.02. The van der Waals surface area contributed by atoms with E-state index in [1.807, 2.05) is 0 Å². The lowest BCUT2D eigenvalue weighted by Crippen LogP contribution is -2.36. The van der Waals surface area contributed by atoms with Crippen LogP contribution >= 0.6 is 15.9 Å². The molecule has 0 amide bonds. The Kier molecular flexibility index (Phi) is 4.43. The normalized spacial score (nSPS) is 23.9. The van der Waals surface area contributed by atoms with E-state index in [1.165, 1.54) is 32.1 Å². The van der Waals surface area contributed by atoms with Crippen LogP contribution in [0.1, 0.15) is 39.0 Å². The molecule has 1 heterocycles. The minimum Gasteiger partial charge on any atom is -0.368 e. The van der Waals surface area contributed by atoms with Crippen molar-refractivity contribution in [3.63, 3.8) is 0 Å². The molecule has 0 aromatic carbocycles. The van der Waals surface area contributed by atoms with Gasteiger partial charge in [0, 0.05) is 19.3 Å². The molecule has 0 saturated heterocycles. The first-order valence-corrected chi connectivity index (χ1v) is 7.42. The van der Waals surface area contributed by atoms with Crippen molar-refractivity contribution < 1.29 is 0 Å². The molecule has 5 heteroatoms. The molecule has 4 nitrogen and oxygen atoms in total. The van der Waals surface area contributed by atoms with Crippen LogP contribution in [0.5, 0.6) is 0 Å². The molecule has 1 aromatic rings. The lowest BCUT2D eigenvalue weighted by Gasteiger charge is -2.35. The van der Waals surface area contributed by atoms with E-state index >= 15 is 0 Å². The number of aromatic nitrogens is 2. The average Bonchev–Trinajstić information content (AvgIpc) is 2.41. The van der Waals surface area contributed by atoms with E-state index < -0.39 is 0 Å². The van der Waals surface area contributed by atoms with Gasteiger partial charge >= 0.3 is 0 Å². The summed E-state index contributed by atoms with van der Waals surface area (Å²) in [6.45, 7) is 2.29. The number of nitrogens with two attached hydrogens (primary N) is 1. The van der Waals surface area contributed by atoms with Crippen LogP contribution in [0.2, 0.25) is 0 Å². The van der Waals surface area contributed by atoms with E-state index in [2.05, 4.69) is 44.8 Å². The fourth-order valence-corrected chi connectivity index (χ4v) is 3.20. The summed E-state index contributed by atoms with van der Waals surface area (Å²) in [6, 6.07) is 0.568. The predicted molar refractivity (Wildman–Crippen MR) is 78.6 cm³/mol. The first-order valence-electron chi connectivity index (χ1n) is 6.62. The summed E-state index contributed by atoms with van der Waals surface area (Å²) in [4.78, 5) is 10.6. The van der Waals surface area contributed by atoms with Gasteiger partial charge in [0.1, 0.15) is 5.82 Å². The summed E-state index contributed by atoms with van der Waals surface area (Å²) >= 11 is 3.50. The summed E-state index contributed by atoms with van der Waals surface area (Å²) in [5.41, 5.74) is 5.67. The van der Waals surface area contributed by atoms with Gasteiger partial charge in [0.05, 0.1) is 4.47 Å². The van der Waals surface area contributed by atoms with Crippen LogP contribution < -0.4 is 10.6 Å². The molecule has 2 rings (SSSR count). The standard InChI is InChI=1S/C13H21BrN4/c1-3-9-4-6-10(7-5-9)18(2)12-11(14)8-16-13(15)17-12/h8-10H,3-7H2,1-2H3,(H2,15,16,17). The second-order valence-electron chi connectivity index (χ2n) is 5.09. The summed E-state index contributed by atoms with van der Waals surface area (Å²) < 4.78 is 0.914. The van der Waals surface area contributed by atoms with Gasteiger partial charge in [-0.2, -0.15) is 4.98 Å². The van der Waals surface area contributed by atoms with Gasteiger partial charge in [-0.25, -0.2) is 4.98 Å². The van der Waals surface area contributed by atoms with E-state index in [-0.39, 0.29) is 0 Å². The van der Waals surface area contributed by atoms with E-state index in [0.717, 1.165) is 16.2 Å². The fraction of sp³-hybridized carbons (Fsp3) is 0.692. The third-order valence-corrected chi connectivity index (χ3v) is 4.58. The van der Waals surface area contributed by atoms with Crippen molar-refractivity contribution in [2.45, 2.75) is 45.1 Å². The number of nitrogens with zero attached hydrogens (tertiary/aromatic N) is 3. The third kappa shape index (κ3) is 2.94. The van der Waals surface area contributed by atoms with Crippen molar-refractivity contribution in [2.24, 2.45) is 5.92 Å². The van der Waals surface area contributed by atoms with Crippen LogP contribution in [0.25, 0.3) is 0 Å². The lowest BCUT2D eigenvalue weighted by molar-refractivity contribution is 0.313. The van der Waals surface area contributed by atoms with E-state index in [0.29, 0.717) is 12.0 Å². The Morgan fingerprint density at radius 3 is 2.67 bits per heavy atom. The van der Waals surface area contributed by atoms with Gasteiger partial charge < -0.3 is 10.6 Å². The smallest absolute Gasteiger partial charge is 0.222 e. The van der Waals surface area contributed by atoms with Crippen LogP contribution in [0, 0.1) is 5.92 Å². The van der Waals surface area contributed by atoms with Crippen molar-refractivity contribution in [1.82, 2.24) is 9.97 Å². The maximum Gasteiger partial charge on any atom is 0.222 e. The predicted octanol–water partition coefficient (Wildman–Crippen LogP) is 3.23. The summed E-state index contributed by atoms with van der Waals surface area (Å²) in [7, 11) is 2.10. The molecule has 1 saturated carbocycles. The van der Waals surface area contributed by atoms with Gasteiger partial charge in [0.25, 0.3) is 0 Å². The molecule has 0 atom stereocenters. The summed E-state index contributed by atoms with van der Waals surface area (Å²) in [6.07, 6.45) is 8.16. The van der Waals surface area contributed by atoms with Crippen LogP contribution in [-0.4, -0.2) is 23.1 Å². The number of halogens is 1. The Morgan fingerprint density at radius 1 is 1.39 bits per heavy atom. The van der Waals surface area contributed by atoms with Gasteiger partial charge in [0.2, 0.25) is 5.95 Å². The van der Waals surface area contributed by atoms with E-state index in [9.17, 15) is 0 Å². The molecule has 1 aliphatic rings. The molecule has 100 valence electrons. The number of rotatable bonds is 3. The van der Waals surface area contributed by atoms with Crippen molar-refractivity contribution in [3.05, 3.63) is 10.7 Å². The second-order valence-corrected chi connectivity index (χ2v) is 5.95. The highest BCUT2D eigenvalue weighted by Crippen LogP contribution is 2.32. The number of hydrogen-bond donors (Lipinski definition) is 1. The van der Waals surface area contributed by atoms with Crippen molar-refractivity contribution in [3.8, 4) is 0 Å². The Balaban J connectivity index is 2.07. The lowest BCUT2D eigenvalue weighted by atomic mass is 9.84. The molecular formula is C13H21BrN4. The molecule has 1 fully saturated rings. The van der Waals surface area contributed by atoms with Crippen LogP contribution in [0.15, 0.2) is 10.7 Å². The molecule has 1 aromatic heterocycles. The Hall–Kier alpha value is -0.840. The first-order chi connectivity index (χ1) is 8.61. The van der Waals surface area contributed by atoms with Crippen molar-refractivity contribution >= 4 is 27.7 Å². The van der Waals surface area contributed by atoms with E-state index in [4.69, 9.17) is 5.73 Å². The second kappa shape index (κ2) is 5.87. The molecule has 0 aliphatic heterocycles. The Bertz CT molecular complexity index is 402. The van der Waals surface area contributed by atoms with Crippen molar-refractivity contribution in [1.29, 1.82) is 0 Å². The van der Waals surface area contributed by atoms with Crippen LogP contribution in [0.4, 0.5) is 11.8 Å². The van der Waals surface area contributed by atoms with Gasteiger partial charge in [-0.1, -0.05) is 13.3 Å². The van der Waals surface area contributed by atoms with E-state index in [1.54, 1.807) is 6.20 Å².